The van der Waals surface area contributed by atoms with Gasteiger partial charge in [-0.25, -0.2) is 4.98 Å². The molecule has 2 aromatic heterocycles. The Labute approximate surface area is 134 Å². The molecule has 0 amide bonds. The van der Waals surface area contributed by atoms with Crippen LogP contribution in [0, 0.1) is 11.3 Å². The van der Waals surface area contributed by atoms with Crippen molar-refractivity contribution in [2.45, 2.75) is 19.9 Å². The summed E-state index contributed by atoms with van der Waals surface area (Å²) in [6.07, 6.45) is 0. The number of nitriles is 1. The van der Waals surface area contributed by atoms with Crippen LogP contribution in [-0.2, 0) is 0 Å². The van der Waals surface area contributed by atoms with E-state index >= 15 is 0 Å². The van der Waals surface area contributed by atoms with E-state index in [1.807, 2.05) is 36.4 Å². The standard InChI is InChI=1S/C19H16N4/c1-12(2)21-18-13-7-3-5-9-16(13)23-17-10-6-4-8-15(17)22-19(23)14(18)11-20/h3-10,12,21H,1-2H3. The molecule has 0 unspecified atom stereocenters. The zero-order valence-electron chi connectivity index (χ0n) is 13.0. The first-order valence-corrected chi connectivity index (χ1v) is 7.69. The van der Waals surface area contributed by atoms with Crippen LogP contribution < -0.4 is 5.32 Å². The molecular weight excluding hydrogens is 284 g/mol. The summed E-state index contributed by atoms with van der Waals surface area (Å²) < 4.78 is 2.08. The topological polar surface area (TPSA) is 53.1 Å². The average Bonchev–Trinajstić information content (AvgIpc) is 2.94. The second kappa shape index (κ2) is 4.99. The largest absolute Gasteiger partial charge is 0.381 e. The fourth-order valence-electron chi connectivity index (χ4n) is 3.11. The number of anilines is 1. The van der Waals surface area contributed by atoms with Gasteiger partial charge in [-0.2, -0.15) is 5.26 Å². The van der Waals surface area contributed by atoms with E-state index in [1.54, 1.807) is 0 Å². The van der Waals surface area contributed by atoms with E-state index < -0.39 is 0 Å². The van der Waals surface area contributed by atoms with Crippen molar-refractivity contribution in [3.63, 3.8) is 0 Å². The average molecular weight is 300 g/mol. The fourth-order valence-corrected chi connectivity index (χ4v) is 3.11. The number of fused-ring (bicyclic) bond motifs is 5. The molecule has 0 aliphatic carbocycles. The van der Waals surface area contributed by atoms with Gasteiger partial charge in [0.15, 0.2) is 5.65 Å². The minimum Gasteiger partial charge on any atom is -0.381 e. The lowest BCUT2D eigenvalue weighted by Gasteiger charge is -2.16. The lowest BCUT2D eigenvalue weighted by molar-refractivity contribution is 0.900. The van der Waals surface area contributed by atoms with Crippen molar-refractivity contribution >= 4 is 33.3 Å². The summed E-state index contributed by atoms with van der Waals surface area (Å²) >= 11 is 0. The lowest BCUT2D eigenvalue weighted by atomic mass is 10.1. The summed E-state index contributed by atoms with van der Waals surface area (Å²) in [6.45, 7) is 4.14. The number of benzene rings is 2. The lowest BCUT2D eigenvalue weighted by Crippen LogP contribution is -2.12. The van der Waals surface area contributed by atoms with E-state index in [4.69, 9.17) is 4.98 Å². The third-order valence-corrected chi connectivity index (χ3v) is 3.99. The summed E-state index contributed by atoms with van der Waals surface area (Å²) in [5.74, 6) is 0. The number of pyridine rings is 1. The molecule has 0 saturated heterocycles. The van der Waals surface area contributed by atoms with Crippen molar-refractivity contribution in [1.82, 2.24) is 9.38 Å². The summed E-state index contributed by atoms with van der Waals surface area (Å²) in [5, 5.41) is 14.2. The first kappa shape index (κ1) is 13.6. The predicted octanol–water partition coefficient (Wildman–Crippen LogP) is 4.33. The predicted molar refractivity (Wildman–Crippen MR) is 93.7 cm³/mol. The molecule has 0 aliphatic rings. The van der Waals surface area contributed by atoms with Crippen LogP contribution in [0.15, 0.2) is 48.5 Å². The number of aromatic nitrogens is 2. The second-order valence-corrected chi connectivity index (χ2v) is 5.94. The maximum atomic E-state index is 9.77. The molecule has 0 radical (unpaired) electrons. The Kier molecular flexibility index (Phi) is 2.95. The molecular formula is C19H16N4. The maximum Gasteiger partial charge on any atom is 0.158 e. The van der Waals surface area contributed by atoms with Gasteiger partial charge in [0.1, 0.15) is 11.6 Å². The third kappa shape index (κ3) is 1.94. The molecule has 0 bridgehead atoms. The number of hydrogen-bond donors (Lipinski definition) is 1. The first-order chi connectivity index (χ1) is 11.2. The molecule has 4 aromatic rings. The molecule has 0 fully saturated rings. The Morgan fingerprint density at radius 1 is 1.04 bits per heavy atom. The molecule has 4 heteroatoms. The molecule has 0 atom stereocenters. The van der Waals surface area contributed by atoms with Gasteiger partial charge >= 0.3 is 0 Å². The molecule has 112 valence electrons. The van der Waals surface area contributed by atoms with Gasteiger partial charge in [0.25, 0.3) is 0 Å². The van der Waals surface area contributed by atoms with Gasteiger partial charge in [0.2, 0.25) is 0 Å². The smallest absolute Gasteiger partial charge is 0.158 e. The fraction of sp³-hybridized carbons (Fsp3) is 0.158. The van der Waals surface area contributed by atoms with Crippen molar-refractivity contribution in [3.05, 3.63) is 54.1 Å². The van der Waals surface area contributed by atoms with Gasteiger partial charge in [0.05, 0.1) is 22.2 Å². The highest BCUT2D eigenvalue weighted by atomic mass is 15.0. The van der Waals surface area contributed by atoms with Gasteiger partial charge < -0.3 is 5.32 Å². The number of hydrogen-bond acceptors (Lipinski definition) is 3. The molecule has 4 nitrogen and oxygen atoms in total. The van der Waals surface area contributed by atoms with E-state index in [-0.39, 0.29) is 6.04 Å². The van der Waals surface area contributed by atoms with Crippen molar-refractivity contribution < 1.29 is 0 Å². The SMILES string of the molecule is CC(C)Nc1c(C#N)c2nc3ccccc3n2c2ccccc12. The van der Waals surface area contributed by atoms with Crippen molar-refractivity contribution in [2.75, 3.05) is 5.32 Å². The quantitative estimate of drug-likeness (QED) is 0.599. The molecule has 23 heavy (non-hydrogen) atoms. The van der Waals surface area contributed by atoms with Crippen molar-refractivity contribution in [1.29, 1.82) is 5.26 Å². The van der Waals surface area contributed by atoms with Gasteiger partial charge in [-0.15, -0.1) is 0 Å². The second-order valence-electron chi connectivity index (χ2n) is 5.94. The van der Waals surface area contributed by atoms with Gasteiger partial charge in [0, 0.05) is 11.4 Å². The van der Waals surface area contributed by atoms with Crippen LogP contribution in [0.5, 0.6) is 0 Å². The van der Waals surface area contributed by atoms with Crippen molar-refractivity contribution in [3.8, 4) is 6.07 Å². The number of nitrogens with one attached hydrogen (secondary N) is 1. The molecule has 2 aromatic carbocycles. The van der Waals surface area contributed by atoms with Crippen molar-refractivity contribution in [2.24, 2.45) is 0 Å². The highest BCUT2D eigenvalue weighted by Crippen LogP contribution is 2.33. The zero-order valence-corrected chi connectivity index (χ0v) is 13.0. The zero-order chi connectivity index (χ0) is 16.0. The summed E-state index contributed by atoms with van der Waals surface area (Å²) in [4.78, 5) is 4.70. The monoisotopic (exact) mass is 300 g/mol. The van der Waals surface area contributed by atoms with Crippen LogP contribution in [-0.4, -0.2) is 15.4 Å². The summed E-state index contributed by atoms with van der Waals surface area (Å²) in [7, 11) is 0. The Bertz CT molecular complexity index is 1080. The van der Waals surface area contributed by atoms with Gasteiger partial charge in [-0.1, -0.05) is 30.3 Å². The van der Waals surface area contributed by atoms with Crippen LogP contribution >= 0.6 is 0 Å². The van der Waals surface area contributed by atoms with E-state index in [0.717, 1.165) is 27.6 Å². The van der Waals surface area contributed by atoms with Crippen LogP contribution in [0.4, 0.5) is 5.69 Å². The molecule has 4 rings (SSSR count). The molecule has 1 N–H and O–H groups in total. The first-order valence-electron chi connectivity index (χ1n) is 7.69. The van der Waals surface area contributed by atoms with E-state index in [0.29, 0.717) is 11.2 Å². The van der Waals surface area contributed by atoms with Crippen LogP contribution in [0.3, 0.4) is 0 Å². The summed E-state index contributed by atoms with van der Waals surface area (Å²) in [6, 6.07) is 18.7. The Balaban J connectivity index is 2.29. The number of nitrogens with zero attached hydrogens (tertiary/aromatic N) is 3. The van der Waals surface area contributed by atoms with E-state index in [9.17, 15) is 5.26 Å². The third-order valence-electron chi connectivity index (χ3n) is 3.99. The van der Waals surface area contributed by atoms with Gasteiger partial charge in [-0.3, -0.25) is 4.40 Å². The highest BCUT2D eigenvalue weighted by Gasteiger charge is 2.18. The van der Waals surface area contributed by atoms with Crippen LogP contribution in [0.2, 0.25) is 0 Å². The molecule has 0 spiro atoms. The minimum atomic E-state index is 0.234. The van der Waals surface area contributed by atoms with Gasteiger partial charge in [-0.05, 0) is 32.0 Å². The van der Waals surface area contributed by atoms with Crippen LogP contribution in [0.25, 0.3) is 27.6 Å². The Morgan fingerprint density at radius 2 is 1.74 bits per heavy atom. The minimum absolute atomic E-state index is 0.234. The number of imidazole rings is 1. The Morgan fingerprint density at radius 3 is 2.48 bits per heavy atom. The number of rotatable bonds is 2. The Hall–Kier alpha value is -3.06. The van der Waals surface area contributed by atoms with E-state index in [1.165, 1.54) is 0 Å². The summed E-state index contributed by atoms with van der Waals surface area (Å²) in [5.41, 5.74) is 5.13. The number of para-hydroxylation sites is 3. The maximum absolute atomic E-state index is 9.77. The molecule has 2 heterocycles. The molecule has 0 aliphatic heterocycles. The molecule has 0 saturated carbocycles. The van der Waals surface area contributed by atoms with E-state index in [2.05, 4.69) is 41.8 Å². The highest BCUT2D eigenvalue weighted by molar-refractivity contribution is 6.02. The normalized spacial score (nSPS) is 11.4. The van der Waals surface area contributed by atoms with Crippen LogP contribution in [0.1, 0.15) is 19.4 Å².